The number of alkyl halides is 3. The topological polar surface area (TPSA) is 86.7 Å². The summed E-state index contributed by atoms with van der Waals surface area (Å²) in [6, 6.07) is 3.92. The predicted octanol–water partition coefficient (Wildman–Crippen LogP) is 2.93. The monoisotopic (exact) mass is 382 g/mol. The molecule has 0 unspecified atom stereocenters. The molecule has 0 bridgehead atoms. The van der Waals surface area contributed by atoms with E-state index in [0.29, 0.717) is 5.01 Å². The molecule has 6 nitrogen and oxygen atoms in total. The number of halogens is 3. The predicted molar refractivity (Wildman–Crippen MR) is 86.3 cm³/mol. The fraction of sp³-hybridized carbons (Fsp3) is 0.0625. The number of hydrogen-bond acceptors (Lipinski definition) is 4. The first-order valence-corrected chi connectivity index (χ1v) is 7.96. The standard InChI is InChI=1S/C16H9F3N2O4S/c17-16(18,19)9-2-1-3-10(5-9)21-14(23)11(13(22)20-21)4-8-6-26-7-12(8)15(24)25/h1-7H,(H,20,22)(H,24,25). The number of thiophene rings is 1. The molecular formula is C16H9F3N2O4S. The van der Waals surface area contributed by atoms with Crippen LogP contribution >= 0.6 is 11.3 Å². The van der Waals surface area contributed by atoms with Gasteiger partial charge in [-0.05, 0) is 29.7 Å². The van der Waals surface area contributed by atoms with Crippen LogP contribution in [0.2, 0.25) is 0 Å². The summed E-state index contributed by atoms with van der Waals surface area (Å²) in [6.45, 7) is 0. The number of amides is 2. The van der Waals surface area contributed by atoms with E-state index in [1.807, 2.05) is 0 Å². The Labute approximate surface area is 148 Å². The Balaban J connectivity index is 1.96. The van der Waals surface area contributed by atoms with Crippen molar-refractivity contribution in [2.24, 2.45) is 0 Å². The van der Waals surface area contributed by atoms with Crippen LogP contribution < -0.4 is 10.4 Å². The van der Waals surface area contributed by atoms with E-state index in [-0.39, 0.29) is 22.4 Å². The lowest BCUT2D eigenvalue weighted by Gasteiger charge is -2.16. The third-order valence-electron chi connectivity index (χ3n) is 3.55. The third kappa shape index (κ3) is 3.18. The first-order chi connectivity index (χ1) is 12.2. The molecule has 0 radical (unpaired) electrons. The minimum Gasteiger partial charge on any atom is -0.478 e. The molecule has 2 heterocycles. The highest BCUT2D eigenvalue weighted by Crippen LogP contribution is 2.32. The Morgan fingerprint density at radius 2 is 1.96 bits per heavy atom. The minimum atomic E-state index is -4.60. The fourth-order valence-corrected chi connectivity index (χ4v) is 3.09. The molecular weight excluding hydrogens is 373 g/mol. The van der Waals surface area contributed by atoms with Gasteiger partial charge in [0.25, 0.3) is 11.8 Å². The molecule has 1 aromatic heterocycles. The number of anilines is 1. The Bertz CT molecular complexity index is 949. The number of nitrogens with zero attached hydrogens (tertiary/aromatic N) is 1. The van der Waals surface area contributed by atoms with Crippen molar-refractivity contribution in [3.63, 3.8) is 0 Å². The summed E-state index contributed by atoms with van der Waals surface area (Å²) in [5.74, 6) is -2.94. The van der Waals surface area contributed by atoms with Crippen LogP contribution in [-0.2, 0) is 15.8 Å². The van der Waals surface area contributed by atoms with Crippen molar-refractivity contribution < 1.29 is 32.7 Å². The number of benzene rings is 1. The lowest BCUT2D eigenvalue weighted by atomic mass is 10.1. The van der Waals surface area contributed by atoms with E-state index in [1.54, 1.807) is 0 Å². The maximum absolute atomic E-state index is 12.8. The maximum Gasteiger partial charge on any atom is 0.416 e. The summed E-state index contributed by atoms with van der Waals surface area (Å²) in [6.07, 6.45) is -3.50. The molecule has 1 aliphatic rings. The Kier molecular flexibility index (Phi) is 4.28. The second-order valence-electron chi connectivity index (χ2n) is 5.23. The lowest BCUT2D eigenvalue weighted by molar-refractivity contribution is -0.137. The summed E-state index contributed by atoms with van der Waals surface area (Å²) in [7, 11) is 0. The smallest absolute Gasteiger partial charge is 0.416 e. The number of carboxylic acid groups (broad SMARTS) is 1. The normalized spacial score (nSPS) is 16.3. The molecule has 0 atom stereocenters. The van der Waals surface area contributed by atoms with Crippen LogP contribution in [0.1, 0.15) is 21.5 Å². The van der Waals surface area contributed by atoms with Gasteiger partial charge in [-0.3, -0.25) is 15.0 Å². The molecule has 3 rings (SSSR count). The highest BCUT2D eigenvalue weighted by Gasteiger charge is 2.36. The van der Waals surface area contributed by atoms with E-state index in [2.05, 4.69) is 5.43 Å². The van der Waals surface area contributed by atoms with Crippen LogP contribution in [0, 0.1) is 0 Å². The summed E-state index contributed by atoms with van der Waals surface area (Å²) in [4.78, 5) is 35.6. The zero-order valence-corrected chi connectivity index (χ0v) is 13.5. The van der Waals surface area contributed by atoms with E-state index < -0.39 is 29.5 Å². The summed E-state index contributed by atoms with van der Waals surface area (Å²) in [5, 5.41) is 12.6. The Morgan fingerprint density at radius 1 is 1.23 bits per heavy atom. The molecule has 2 aromatic rings. The number of carboxylic acids is 1. The molecule has 1 saturated heterocycles. The first-order valence-electron chi connectivity index (χ1n) is 7.02. The molecule has 0 spiro atoms. The SMILES string of the molecule is O=C1NN(c2cccc(C(F)(F)F)c2)C(=O)C1=Cc1cscc1C(=O)O. The molecule has 0 aliphatic carbocycles. The zero-order chi connectivity index (χ0) is 19.1. The molecule has 26 heavy (non-hydrogen) atoms. The van der Waals surface area contributed by atoms with Crippen molar-refractivity contribution in [1.82, 2.24) is 5.43 Å². The summed E-state index contributed by atoms with van der Waals surface area (Å²) < 4.78 is 38.5. The summed E-state index contributed by atoms with van der Waals surface area (Å²) >= 11 is 1.08. The number of rotatable bonds is 3. The number of hydrogen-bond donors (Lipinski definition) is 2. The quantitative estimate of drug-likeness (QED) is 0.631. The Morgan fingerprint density at radius 3 is 2.62 bits per heavy atom. The van der Waals surface area contributed by atoms with E-state index >= 15 is 0 Å². The average Bonchev–Trinajstić information content (AvgIpc) is 3.14. The Hall–Kier alpha value is -3.14. The van der Waals surface area contributed by atoms with Crippen LogP contribution in [0.5, 0.6) is 0 Å². The van der Waals surface area contributed by atoms with Crippen molar-refractivity contribution in [1.29, 1.82) is 0 Å². The van der Waals surface area contributed by atoms with Gasteiger partial charge in [-0.2, -0.15) is 24.5 Å². The van der Waals surface area contributed by atoms with Gasteiger partial charge >= 0.3 is 12.1 Å². The molecule has 134 valence electrons. The molecule has 1 fully saturated rings. The minimum absolute atomic E-state index is 0.0828. The number of aromatic carboxylic acids is 1. The van der Waals surface area contributed by atoms with E-state index in [1.165, 1.54) is 16.8 Å². The fourth-order valence-electron chi connectivity index (χ4n) is 2.31. The van der Waals surface area contributed by atoms with E-state index in [9.17, 15) is 27.6 Å². The molecule has 1 aromatic carbocycles. The average molecular weight is 382 g/mol. The van der Waals surface area contributed by atoms with Gasteiger partial charge in [0.1, 0.15) is 5.57 Å². The van der Waals surface area contributed by atoms with Crippen molar-refractivity contribution in [3.8, 4) is 0 Å². The van der Waals surface area contributed by atoms with Gasteiger partial charge < -0.3 is 5.11 Å². The number of carbonyl (C=O) groups excluding carboxylic acids is 2. The van der Waals surface area contributed by atoms with Crippen molar-refractivity contribution in [2.75, 3.05) is 5.01 Å². The van der Waals surface area contributed by atoms with E-state index in [0.717, 1.165) is 35.6 Å². The van der Waals surface area contributed by atoms with Crippen LogP contribution in [0.15, 0.2) is 40.6 Å². The van der Waals surface area contributed by atoms with Crippen molar-refractivity contribution >= 4 is 40.9 Å². The highest BCUT2D eigenvalue weighted by molar-refractivity contribution is 7.08. The van der Waals surface area contributed by atoms with Gasteiger partial charge in [0, 0.05) is 10.9 Å². The van der Waals surface area contributed by atoms with Gasteiger partial charge in [0.2, 0.25) is 0 Å². The first kappa shape index (κ1) is 17.7. The second kappa shape index (κ2) is 6.30. The van der Waals surface area contributed by atoms with Gasteiger partial charge in [-0.15, -0.1) is 0 Å². The number of hydrazine groups is 1. The van der Waals surface area contributed by atoms with Crippen LogP contribution in [0.3, 0.4) is 0 Å². The second-order valence-corrected chi connectivity index (χ2v) is 5.98. The number of carbonyl (C=O) groups is 3. The third-order valence-corrected chi connectivity index (χ3v) is 4.31. The van der Waals surface area contributed by atoms with Crippen LogP contribution in [0.4, 0.5) is 18.9 Å². The highest BCUT2D eigenvalue weighted by atomic mass is 32.1. The number of nitrogens with one attached hydrogen (secondary N) is 1. The van der Waals surface area contributed by atoms with E-state index in [4.69, 9.17) is 5.11 Å². The molecule has 0 saturated carbocycles. The lowest BCUT2D eigenvalue weighted by Crippen LogP contribution is -2.35. The van der Waals surface area contributed by atoms with Crippen molar-refractivity contribution in [3.05, 3.63) is 57.3 Å². The van der Waals surface area contributed by atoms with Gasteiger partial charge in [-0.25, -0.2) is 9.80 Å². The van der Waals surface area contributed by atoms with Crippen molar-refractivity contribution in [2.45, 2.75) is 6.18 Å². The van der Waals surface area contributed by atoms with Crippen LogP contribution in [0.25, 0.3) is 6.08 Å². The largest absolute Gasteiger partial charge is 0.478 e. The molecule has 2 N–H and O–H groups in total. The molecule has 1 aliphatic heterocycles. The van der Waals surface area contributed by atoms with Gasteiger partial charge in [-0.1, -0.05) is 6.07 Å². The summed E-state index contributed by atoms with van der Waals surface area (Å²) in [5.41, 5.74) is 0.746. The van der Waals surface area contributed by atoms with Crippen LogP contribution in [-0.4, -0.2) is 22.9 Å². The zero-order valence-electron chi connectivity index (χ0n) is 12.7. The molecule has 2 amide bonds. The van der Waals surface area contributed by atoms with Gasteiger partial charge in [0.15, 0.2) is 0 Å². The van der Waals surface area contributed by atoms with Gasteiger partial charge in [0.05, 0.1) is 16.8 Å². The maximum atomic E-state index is 12.8. The molecule has 10 heteroatoms.